The molecule has 0 unspecified atom stereocenters. The summed E-state index contributed by atoms with van der Waals surface area (Å²) in [7, 11) is 0. The van der Waals surface area contributed by atoms with E-state index < -0.39 is 5.97 Å². The molecule has 0 N–H and O–H groups in total. The van der Waals surface area contributed by atoms with Gasteiger partial charge in [0.1, 0.15) is 6.54 Å². The molecule has 3 rings (SSSR count). The predicted octanol–water partition coefficient (Wildman–Crippen LogP) is 2.70. The predicted molar refractivity (Wildman–Crippen MR) is 115 cm³/mol. The zero-order chi connectivity index (χ0) is 20.8. The first-order valence-corrected chi connectivity index (χ1v) is 11.7. The number of nitrogens with zero attached hydrogens (tertiary/aromatic N) is 3. The topological polar surface area (TPSA) is 81.0 Å². The molecule has 0 saturated carbocycles. The van der Waals surface area contributed by atoms with Gasteiger partial charge in [-0.25, -0.2) is 0 Å². The average Bonchev–Trinajstić information content (AvgIpc) is 3.31. The van der Waals surface area contributed by atoms with Crippen molar-refractivity contribution in [3.05, 3.63) is 28.0 Å². The van der Waals surface area contributed by atoms with Crippen molar-refractivity contribution in [2.45, 2.75) is 26.3 Å². The maximum Gasteiger partial charge on any atom is 0.326 e. The van der Waals surface area contributed by atoms with Crippen LogP contribution in [0.15, 0.2) is 23.2 Å². The van der Waals surface area contributed by atoms with Crippen molar-refractivity contribution in [1.82, 2.24) is 9.47 Å². The van der Waals surface area contributed by atoms with Crippen LogP contribution in [0.3, 0.4) is 0 Å². The molecule has 0 atom stereocenters. The highest BCUT2D eigenvalue weighted by Gasteiger charge is 2.18. The van der Waals surface area contributed by atoms with E-state index in [1.807, 2.05) is 4.90 Å². The first kappa shape index (κ1) is 21.9. The highest BCUT2D eigenvalue weighted by atomic mass is 35.5. The third kappa shape index (κ3) is 5.83. The van der Waals surface area contributed by atoms with Crippen LogP contribution in [-0.4, -0.2) is 58.5 Å². The average molecular weight is 456 g/mol. The summed E-state index contributed by atoms with van der Waals surface area (Å²) in [6.07, 6.45) is 2.09. The number of hydrogen-bond acceptors (Lipinski definition) is 6. The Hall–Kier alpha value is -1.84. The quantitative estimate of drug-likeness (QED) is 0.599. The number of halogens is 1. The number of ether oxygens (including phenoxy) is 1. The molecule has 10 heteroatoms. The summed E-state index contributed by atoms with van der Waals surface area (Å²) in [6.45, 7) is 3.58. The van der Waals surface area contributed by atoms with Crippen molar-refractivity contribution in [1.29, 1.82) is 0 Å². The minimum atomic E-state index is -0.401. The minimum Gasteiger partial charge on any atom is -0.465 e. The van der Waals surface area contributed by atoms with Crippen LogP contribution in [0.5, 0.6) is 0 Å². The largest absolute Gasteiger partial charge is 0.465 e. The van der Waals surface area contributed by atoms with Crippen molar-refractivity contribution >= 4 is 62.7 Å². The van der Waals surface area contributed by atoms with E-state index in [2.05, 4.69) is 4.99 Å². The summed E-state index contributed by atoms with van der Waals surface area (Å²) in [4.78, 5) is 42.8. The summed E-state index contributed by atoms with van der Waals surface area (Å²) in [5.41, 5.74) is 0.760. The number of hydrogen-bond donors (Lipinski definition) is 0. The number of thiazole rings is 1. The lowest BCUT2D eigenvalue weighted by molar-refractivity contribution is -0.143. The molecule has 0 radical (unpaired) electrons. The number of thioether (sulfide) groups is 1. The van der Waals surface area contributed by atoms with Gasteiger partial charge in [0, 0.05) is 18.1 Å². The Kier molecular flexibility index (Phi) is 7.74. The first-order valence-electron chi connectivity index (χ1n) is 9.35. The fourth-order valence-corrected chi connectivity index (χ4v) is 5.06. The maximum atomic E-state index is 12.4. The highest BCUT2D eigenvalue weighted by molar-refractivity contribution is 8.00. The number of fused-ring (bicyclic) bond motifs is 1. The third-order valence-electron chi connectivity index (χ3n) is 4.37. The number of carbonyl (C=O) groups excluding carboxylic acids is 3. The number of aromatic nitrogens is 1. The molecule has 2 heterocycles. The van der Waals surface area contributed by atoms with E-state index in [9.17, 15) is 14.4 Å². The van der Waals surface area contributed by atoms with Crippen molar-refractivity contribution < 1.29 is 19.1 Å². The van der Waals surface area contributed by atoms with E-state index >= 15 is 0 Å². The molecule has 1 saturated heterocycles. The third-order valence-corrected chi connectivity index (χ3v) is 6.55. The van der Waals surface area contributed by atoms with Crippen molar-refractivity contribution in [3.8, 4) is 0 Å². The van der Waals surface area contributed by atoms with Crippen molar-refractivity contribution in [3.63, 3.8) is 0 Å². The van der Waals surface area contributed by atoms with Gasteiger partial charge in [-0.3, -0.25) is 14.4 Å². The Bertz CT molecular complexity index is 979. The fourth-order valence-electron chi connectivity index (χ4n) is 3.04. The van der Waals surface area contributed by atoms with Crippen LogP contribution in [0.4, 0.5) is 0 Å². The van der Waals surface area contributed by atoms with Gasteiger partial charge in [-0.05, 0) is 38.0 Å². The second-order valence-electron chi connectivity index (χ2n) is 6.47. The molecule has 1 aliphatic heterocycles. The molecule has 0 bridgehead atoms. The second-order valence-corrected chi connectivity index (χ2v) is 8.91. The molecule has 1 aromatic carbocycles. The number of carbonyl (C=O) groups is 3. The van der Waals surface area contributed by atoms with Crippen LogP contribution in [0.25, 0.3) is 10.2 Å². The van der Waals surface area contributed by atoms with Gasteiger partial charge in [-0.2, -0.15) is 4.99 Å². The molecule has 0 aliphatic carbocycles. The molecule has 1 fully saturated rings. The van der Waals surface area contributed by atoms with Gasteiger partial charge in [-0.15, -0.1) is 11.8 Å². The summed E-state index contributed by atoms with van der Waals surface area (Å²) in [5.74, 6) is -0.310. The Morgan fingerprint density at radius 1 is 1.24 bits per heavy atom. The van der Waals surface area contributed by atoms with Crippen molar-refractivity contribution in [2.24, 2.45) is 4.99 Å². The Labute approximate surface area is 181 Å². The van der Waals surface area contributed by atoms with Crippen LogP contribution in [0.2, 0.25) is 5.02 Å². The summed E-state index contributed by atoms with van der Waals surface area (Å²) >= 11 is 8.61. The van der Waals surface area contributed by atoms with E-state index in [-0.39, 0.29) is 36.5 Å². The number of esters is 1. The van der Waals surface area contributed by atoms with Crippen LogP contribution in [0, 0.1) is 0 Å². The van der Waals surface area contributed by atoms with E-state index in [4.69, 9.17) is 16.3 Å². The molecule has 7 nitrogen and oxygen atoms in total. The van der Waals surface area contributed by atoms with E-state index in [1.165, 1.54) is 23.1 Å². The molecule has 29 heavy (non-hydrogen) atoms. The van der Waals surface area contributed by atoms with Gasteiger partial charge < -0.3 is 14.2 Å². The molecule has 2 aromatic rings. The van der Waals surface area contributed by atoms with Gasteiger partial charge in [0.05, 0.1) is 28.3 Å². The van der Waals surface area contributed by atoms with Crippen LogP contribution in [-0.2, 0) is 25.7 Å². The SMILES string of the molecule is CCOC(=O)Cn1c(=NC(=O)CSCC(=O)N2CCCC2)sc2cc(Cl)ccc21. The number of benzene rings is 1. The maximum absolute atomic E-state index is 12.4. The smallest absolute Gasteiger partial charge is 0.326 e. The normalized spacial score (nSPS) is 14.6. The molecule has 0 spiro atoms. The van der Waals surface area contributed by atoms with Gasteiger partial charge in [0.2, 0.25) is 5.91 Å². The molecule has 1 aliphatic rings. The highest BCUT2D eigenvalue weighted by Crippen LogP contribution is 2.22. The number of rotatable bonds is 7. The van der Waals surface area contributed by atoms with Crippen LogP contribution < -0.4 is 4.80 Å². The van der Waals surface area contributed by atoms with Crippen LogP contribution in [0.1, 0.15) is 19.8 Å². The lowest BCUT2D eigenvalue weighted by Gasteiger charge is -2.14. The fraction of sp³-hybridized carbons (Fsp3) is 0.474. The monoisotopic (exact) mass is 455 g/mol. The van der Waals surface area contributed by atoms with Crippen molar-refractivity contribution in [2.75, 3.05) is 31.2 Å². The second kappa shape index (κ2) is 10.3. The molecule has 156 valence electrons. The zero-order valence-electron chi connectivity index (χ0n) is 16.1. The minimum absolute atomic E-state index is 0.0395. The van der Waals surface area contributed by atoms with Gasteiger partial charge >= 0.3 is 5.97 Å². The number of amides is 2. The summed E-state index contributed by atoms with van der Waals surface area (Å²) in [5, 5.41) is 0.566. The van der Waals surface area contributed by atoms with Gasteiger partial charge in [0.15, 0.2) is 4.80 Å². The molecular weight excluding hydrogens is 434 g/mol. The van der Waals surface area contributed by atoms with E-state index in [1.54, 1.807) is 29.7 Å². The first-order chi connectivity index (χ1) is 14.0. The Balaban J connectivity index is 1.73. The van der Waals surface area contributed by atoms with Gasteiger partial charge in [-0.1, -0.05) is 22.9 Å². The Morgan fingerprint density at radius 2 is 2.00 bits per heavy atom. The zero-order valence-corrected chi connectivity index (χ0v) is 18.4. The van der Waals surface area contributed by atoms with Gasteiger partial charge in [0.25, 0.3) is 5.91 Å². The summed E-state index contributed by atoms with van der Waals surface area (Å²) < 4.78 is 7.52. The van der Waals surface area contributed by atoms with Crippen LogP contribution >= 0.6 is 34.7 Å². The lowest BCUT2D eigenvalue weighted by atomic mass is 10.3. The summed E-state index contributed by atoms with van der Waals surface area (Å²) in [6, 6.07) is 5.29. The Morgan fingerprint density at radius 3 is 2.72 bits per heavy atom. The molecule has 1 aromatic heterocycles. The molecular formula is C19H22ClN3O4S2. The standard InChI is InChI=1S/C19H22ClN3O4S2/c1-2-27-18(26)10-23-14-6-5-13(20)9-15(14)29-19(23)21-16(24)11-28-12-17(25)22-7-3-4-8-22/h5-6,9H,2-4,7-8,10-12H2,1H3. The molecule has 2 amide bonds. The lowest BCUT2D eigenvalue weighted by Crippen LogP contribution is -2.29. The number of likely N-dealkylation sites (tertiary alicyclic amines) is 1. The van der Waals surface area contributed by atoms with E-state index in [0.717, 1.165) is 36.1 Å². The van der Waals surface area contributed by atoms with E-state index in [0.29, 0.717) is 9.82 Å².